The van der Waals surface area contributed by atoms with Crippen LogP contribution in [0, 0.1) is 11.6 Å². The number of rotatable bonds is 3. The maximum atomic E-state index is 13.8. The van der Waals surface area contributed by atoms with Crippen LogP contribution >= 0.6 is 27.5 Å². The van der Waals surface area contributed by atoms with E-state index in [1.165, 1.54) is 12.1 Å². The second-order valence-corrected chi connectivity index (χ2v) is 5.62. The van der Waals surface area contributed by atoms with Crippen molar-refractivity contribution in [1.29, 1.82) is 0 Å². The van der Waals surface area contributed by atoms with Gasteiger partial charge in [0.15, 0.2) is 23.1 Å². The van der Waals surface area contributed by atoms with Gasteiger partial charge in [-0.1, -0.05) is 32.6 Å². The SMILES string of the molecule is [N-]=[N+]=Nc1cc(Br)cc(Cl)c1Oc1c(F)cc(C(F)(F)F)cc1F. The number of hydrogen-bond donors (Lipinski definition) is 0. The molecule has 0 aromatic heterocycles. The van der Waals surface area contributed by atoms with Crippen LogP contribution in [-0.4, -0.2) is 0 Å². The van der Waals surface area contributed by atoms with Crippen molar-refractivity contribution in [3.63, 3.8) is 0 Å². The van der Waals surface area contributed by atoms with Crippen molar-refractivity contribution >= 4 is 33.2 Å². The van der Waals surface area contributed by atoms with Gasteiger partial charge >= 0.3 is 6.18 Å². The number of ether oxygens (including phenoxy) is 1. The van der Waals surface area contributed by atoms with Crippen LogP contribution in [0.1, 0.15) is 5.56 Å². The number of benzene rings is 2. The summed E-state index contributed by atoms with van der Waals surface area (Å²) < 4.78 is 70.6. The molecule has 2 aromatic rings. The molecule has 0 fully saturated rings. The third-order valence-electron chi connectivity index (χ3n) is 2.67. The average molecular weight is 429 g/mol. The number of azide groups is 1. The van der Waals surface area contributed by atoms with Crippen molar-refractivity contribution in [1.82, 2.24) is 0 Å². The number of nitrogens with zero attached hydrogens (tertiary/aromatic N) is 3. The Hall–Kier alpha value is -2.03. The van der Waals surface area contributed by atoms with Gasteiger partial charge in [-0.25, -0.2) is 8.78 Å². The van der Waals surface area contributed by atoms with Crippen LogP contribution in [0.25, 0.3) is 10.4 Å². The van der Waals surface area contributed by atoms with Gasteiger partial charge in [-0.3, -0.25) is 0 Å². The number of hydrogen-bond acceptors (Lipinski definition) is 2. The summed E-state index contributed by atoms with van der Waals surface area (Å²) in [5, 5.41) is 3.08. The summed E-state index contributed by atoms with van der Waals surface area (Å²) in [7, 11) is 0. The molecule has 0 radical (unpaired) electrons. The molecule has 4 nitrogen and oxygen atoms in total. The third kappa shape index (κ3) is 3.89. The molecule has 11 heteroatoms. The normalized spacial score (nSPS) is 11.1. The quantitative estimate of drug-likeness (QED) is 0.222. The molecule has 0 bridgehead atoms. The first-order valence-electron chi connectivity index (χ1n) is 5.91. The smallest absolute Gasteiger partial charge is 0.416 e. The van der Waals surface area contributed by atoms with Crippen molar-refractivity contribution in [2.75, 3.05) is 0 Å². The topological polar surface area (TPSA) is 58.0 Å². The zero-order valence-corrected chi connectivity index (χ0v) is 13.5. The zero-order valence-electron chi connectivity index (χ0n) is 11.2. The van der Waals surface area contributed by atoms with E-state index in [1.807, 2.05) is 0 Å². The largest absolute Gasteiger partial charge is 0.449 e. The van der Waals surface area contributed by atoms with Gasteiger partial charge in [0.05, 0.1) is 16.3 Å². The minimum Gasteiger partial charge on any atom is -0.449 e. The van der Waals surface area contributed by atoms with Crippen LogP contribution in [-0.2, 0) is 6.18 Å². The van der Waals surface area contributed by atoms with E-state index >= 15 is 0 Å². The van der Waals surface area contributed by atoms with Crippen molar-refractivity contribution in [2.24, 2.45) is 5.11 Å². The fourth-order valence-electron chi connectivity index (χ4n) is 1.69. The molecule has 0 N–H and O–H groups in total. The maximum Gasteiger partial charge on any atom is 0.416 e. The monoisotopic (exact) mass is 427 g/mol. The summed E-state index contributed by atoms with van der Waals surface area (Å²) in [4.78, 5) is 2.51. The summed E-state index contributed by atoms with van der Waals surface area (Å²) in [6.45, 7) is 0. The van der Waals surface area contributed by atoms with Crippen molar-refractivity contribution in [3.8, 4) is 11.5 Å². The van der Waals surface area contributed by atoms with Crippen LogP contribution in [0.3, 0.4) is 0 Å². The summed E-state index contributed by atoms with van der Waals surface area (Å²) in [6.07, 6.45) is -4.92. The molecule has 0 spiro atoms. The Balaban J connectivity index is 2.55. The Morgan fingerprint density at radius 2 is 1.67 bits per heavy atom. The Morgan fingerprint density at radius 3 is 2.17 bits per heavy atom. The van der Waals surface area contributed by atoms with E-state index in [2.05, 4.69) is 26.0 Å². The van der Waals surface area contributed by atoms with Crippen LogP contribution < -0.4 is 4.74 Å². The highest BCUT2D eigenvalue weighted by molar-refractivity contribution is 9.10. The molecule has 126 valence electrons. The average Bonchev–Trinajstić information content (AvgIpc) is 2.44. The summed E-state index contributed by atoms with van der Waals surface area (Å²) in [6, 6.07) is 2.70. The van der Waals surface area contributed by atoms with Gasteiger partial charge in [-0.05, 0) is 29.8 Å². The standard InChI is InChI=1S/C13H4BrClF5N3O/c14-6-3-7(15)11(10(4-6)22-23-21)24-12-8(16)1-5(2-9(12)17)13(18,19)20/h1-4H. The molecule has 0 saturated heterocycles. The van der Waals surface area contributed by atoms with Gasteiger partial charge in [0, 0.05) is 9.38 Å². The summed E-state index contributed by atoms with van der Waals surface area (Å²) >= 11 is 8.93. The third-order valence-corrected chi connectivity index (χ3v) is 3.41. The molecule has 2 rings (SSSR count). The highest BCUT2D eigenvalue weighted by atomic mass is 79.9. The summed E-state index contributed by atoms with van der Waals surface area (Å²) in [5.74, 6) is -4.70. The predicted octanol–water partition coefficient (Wildman–Crippen LogP) is 7.13. The van der Waals surface area contributed by atoms with Crippen molar-refractivity contribution < 1.29 is 26.7 Å². The minimum absolute atomic E-state index is 0.0818. The van der Waals surface area contributed by atoms with Gasteiger partial charge < -0.3 is 4.74 Å². The van der Waals surface area contributed by atoms with E-state index in [-0.39, 0.29) is 22.8 Å². The molecule has 0 aliphatic heterocycles. The minimum atomic E-state index is -4.92. The zero-order chi connectivity index (χ0) is 18.1. The molecule has 0 saturated carbocycles. The molecular formula is C13H4BrClF5N3O. The van der Waals surface area contributed by atoms with E-state index in [0.717, 1.165) is 0 Å². The lowest BCUT2D eigenvalue weighted by Gasteiger charge is -2.14. The Kier molecular flexibility index (Phi) is 5.22. The maximum absolute atomic E-state index is 13.8. The van der Waals surface area contributed by atoms with Crippen LogP contribution in [0.5, 0.6) is 11.5 Å². The Bertz CT molecular complexity index is 829. The number of alkyl halides is 3. The Labute approximate surface area is 144 Å². The molecule has 0 aliphatic carbocycles. The molecule has 0 unspecified atom stereocenters. The molecule has 0 atom stereocenters. The molecule has 24 heavy (non-hydrogen) atoms. The van der Waals surface area contributed by atoms with E-state index in [9.17, 15) is 22.0 Å². The molecule has 0 amide bonds. The molecule has 0 aliphatic rings. The van der Waals surface area contributed by atoms with Gasteiger partial charge in [0.1, 0.15) is 0 Å². The van der Waals surface area contributed by atoms with Crippen LogP contribution in [0.4, 0.5) is 27.6 Å². The molecule has 0 heterocycles. The van der Waals surface area contributed by atoms with Gasteiger partial charge in [0.25, 0.3) is 0 Å². The number of halogens is 7. The first-order valence-corrected chi connectivity index (χ1v) is 7.09. The van der Waals surface area contributed by atoms with Crippen LogP contribution in [0.2, 0.25) is 5.02 Å². The van der Waals surface area contributed by atoms with E-state index in [0.29, 0.717) is 4.47 Å². The first-order chi connectivity index (χ1) is 11.1. The highest BCUT2D eigenvalue weighted by Crippen LogP contribution is 2.43. The lowest BCUT2D eigenvalue weighted by molar-refractivity contribution is -0.138. The Morgan fingerprint density at radius 1 is 1.08 bits per heavy atom. The molecule has 2 aromatic carbocycles. The second kappa shape index (κ2) is 6.84. The van der Waals surface area contributed by atoms with E-state index in [4.69, 9.17) is 21.9 Å². The van der Waals surface area contributed by atoms with Crippen molar-refractivity contribution in [3.05, 3.63) is 61.4 Å². The van der Waals surface area contributed by atoms with Gasteiger partial charge in [0.2, 0.25) is 0 Å². The summed E-state index contributed by atoms with van der Waals surface area (Å²) in [5.41, 5.74) is 6.77. The van der Waals surface area contributed by atoms with Crippen LogP contribution in [0.15, 0.2) is 33.9 Å². The fraction of sp³-hybridized carbons (Fsp3) is 0.0769. The van der Waals surface area contributed by atoms with Gasteiger partial charge in [-0.2, -0.15) is 13.2 Å². The first kappa shape index (κ1) is 18.3. The van der Waals surface area contributed by atoms with E-state index in [1.54, 1.807) is 0 Å². The van der Waals surface area contributed by atoms with Crippen molar-refractivity contribution in [2.45, 2.75) is 6.18 Å². The molecular weight excluding hydrogens is 425 g/mol. The predicted molar refractivity (Wildman–Crippen MR) is 79.4 cm³/mol. The lowest BCUT2D eigenvalue weighted by Crippen LogP contribution is -2.07. The highest BCUT2D eigenvalue weighted by Gasteiger charge is 2.33. The van der Waals surface area contributed by atoms with Gasteiger partial charge in [-0.15, -0.1) is 0 Å². The van der Waals surface area contributed by atoms with E-state index < -0.39 is 34.9 Å². The fourth-order valence-corrected chi connectivity index (χ4v) is 2.52. The lowest BCUT2D eigenvalue weighted by atomic mass is 10.2. The second-order valence-electron chi connectivity index (χ2n) is 4.29.